The topological polar surface area (TPSA) is 29.5 Å². The molecule has 0 amide bonds. The molecule has 0 saturated carbocycles. The van der Waals surface area contributed by atoms with Crippen LogP contribution in [0.3, 0.4) is 0 Å². The molecule has 0 saturated heterocycles. The summed E-state index contributed by atoms with van der Waals surface area (Å²) >= 11 is 0. The lowest BCUT2D eigenvalue weighted by Gasteiger charge is -2.07. The molecule has 3 aromatic carbocycles. The van der Waals surface area contributed by atoms with Gasteiger partial charge >= 0.3 is 7.69 Å². The van der Waals surface area contributed by atoms with Crippen LogP contribution in [0.25, 0.3) is 22.3 Å². The Morgan fingerprint density at radius 2 is 1.19 bits per heavy atom. The fraction of sp³-hybridized carbons (Fsp3) is 0. The third kappa shape index (κ3) is 3.15. The molecule has 1 N–H and O–H groups in total. The van der Waals surface area contributed by atoms with Crippen molar-refractivity contribution in [3.63, 3.8) is 0 Å². The molecule has 0 aliphatic carbocycles. The predicted molar refractivity (Wildman–Crippen MR) is 87.3 cm³/mol. The van der Waals surface area contributed by atoms with Crippen LogP contribution in [0.1, 0.15) is 0 Å². The molecule has 102 valence electrons. The van der Waals surface area contributed by atoms with Gasteiger partial charge in [-0.3, -0.25) is 0 Å². The average molecular weight is 274 g/mol. The van der Waals surface area contributed by atoms with Gasteiger partial charge in [0.1, 0.15) is 5.75 Å². The normalized spacial score (nSPS) is 10.1. The van der Waals surface area contributed by atoms with Crippen molar-refractivity contribution in [1.82, 2.24) is 0 Å². The maximum absolute atomic E-state index is 8.75. The van der Waals surface area contributed by atoms with Gasteiger partial charge in [0, 0.05) is 0 Å². The Balaban J connectivity index is 1.92. The molecule has 0 unspecified atom stereocenters. The Morgan fingerprint density at radius 1 is 0.619 bits per heavy atom. The Kier molecular flexibility index (Phi) is 4.03. The van der Waals surface area contributed by atoms with E-state index in [0.29, 0.717) is 5.75 Å². The molecule has 21 heavy (non-hydrogen) atoms. The quantitative estimate of drug-likeness (QED) is 0.736. The lowest BCUT2D eigenvalue weighted by atomic mass is 9.99. The van der Waals surface area contributed by atoms with Crippen molar-refractivity contribution in [1.29, 1.82) is 0 Å². The van der Waals surface area contributed by atoms with Crippen LogP contribution in [0.2, 0.25) is 0 Å². The van der Waals surface area contributed by atoms with Gasteiger partial charge in [0.15, 0.2) is 0 Å². The second-order valence-corrected chi connectivity index (χ2v) is 4.74. The molecule has 2 nitrogen and oxygen atoms in total. The average Bonchev–Trinajstić information content (AvgIpc) is 2.57. The van der Waals surface area contributed by atoms with Crippen molar-refractivity contribution in [2.24, 2.45) is 0 Å². The van der Waals surface area contributed by atoms with E-state index in [0.717, 1.165) is 11.1 Å². The molecular formula is C18H15BO2. The molecule has 0 radical (unpaired) electrons. The number of rotatable bonds is 4. The minimum absolute atomic E-state index is 0.303. The second-order valence-electron chi connectivity index (χ2n) is 4.74. The van der Waals surface area contributed by atoms with E-state index in [4.69, 9.17) is 9.68 Å². The van der Waals surface area contributed by atoms with E-state index in [2.05, 4.69) is 36.4 Å². The summed E-state index contributed by atoms with van der Waals surface area (Å²) < 4.78 is 5.05. The summed E-state index contributed by atoms with van der Waals surface area (Å²) in [5.41, 5.74) is 4.69. The zero-order valence-corrected chi connectivity index (χ0v) is 11.6. The first-order chi connectivity index (χ1) is 10.4. The Labute approximate surface area is 125 Å². The highest BCUT2D eigenvalue weighted by Crippen LogP contribution is 2.27. The van der Waals surface area contributed by atoms with E-state index in [1.807, 2.05) is 42.5 Å². The number of benzene rings is 3. The van der Waals surface area contributed by atoms with Crippen molar-refractivity contribution in [3.05, 3.63) is 78.9 Å². The first-order valence-corrected chi connectivity index (χ1v) is 6.86. The summed E-state index contributed by atoms with van der Waals surface area (Å²) in [6.07, 6.45) is 0. The molecule has 0 heterocycles. The highest BCUT2D eigenvalue weighted by Gasteiger charge is 2.02. The number of hydrogen-bond acceptors (Lipinski definition) is 2. The highest BCUT2D eigenvalue weighted by atomic mass is 16.5. The van der Waals surface area contributed by atoms with Crippen molar-refractivity contribution < 1.29 is 9.68 Å². The monoisotopic (exact) mass is 274 g/mol. The molecule has 3 aromatic rings. The van der Waals surface area contributed by atoms with Gasteiger partial charge in [-0.25, -0.2) is 0 Å². The maximum Gasteiger partial charge on any atom is 0.504 e. The SMILES string of the molecule is OBOc1ccc(-c2cccc(-c3ccccc3)c2)cc1. The maximum atomic E-state index is 8.75. The third-order valence-corrected chi connectivity index (χ3v) is 3.39. The first-order valence-electron chi connectivity index (χ1n) is 6.86. The molecule has 3 rings (SSSR count). The van der Waals surface area contributed by atoms with E-state index in [9.17, 15) is 0 Å². The van der Waals surface area contributed by atoms with Crippen LogP contribution in [-0.4, -0.2) is 12.7 Å². The van der Waals surface area contributed by atoms with E-state index in [1.165, 1.54) is 11.1 Å². The second kappa shape index (κ2) is 6.29. The number of hydrogen-bond donors (Lipinski definition) is 1. The van der Waals surface area contributed by atoms with Crippen LogP contribution in [-0.2, 0) is 0 Å². The Morgan fingerprint density at radius 3 is 1.81 bits per heavy atom. The summed E-state index contributed by atoms with van der Waals surface area (Å²) in [6, 6.07) is 26.5. The standard InChI is InChI=1S/C18H15BO2/c20-19-21-18-11-9-15(10-12-18)17-8-4-7-16(13-17)14-5-2-1-3-6-14/h1-13,19-20H. The first kappa shape index (κ1) is 13.5. The summed E-state index contributed by atoms with van der Waals surface area (Å²) in [7, 11) is -0.303. The van der Waals surface area contributed by atoms with Crippen molar-refractivity contribution in [2.45, 2.75) is 0 Å². The fourth-order valence-electron chi connectivity index (χ4n) is 2.33. The van der Waals surface area contributed by atoms with E-state index in [1.54, 1.807) is 0 Å². The molecule has 0 fully saturated rings. The zero-order chi connectivity index (χ0) is 14.5. The summed E-state index contributed by atoms with van der Waals surface area (Å²) in [5.74, 6) is 0.667. The molecule has 0 spiro atoms. The molecule has 0 aromatic heterocycles. The molecule has 3 heteroatoms. The summed E-state index contributed by atoms with van der Waals surface area (Å²) in [4.78, 5) is 0. The minimum atomic E-state index is -0.303. The van der Waals surface area contributed by atoms with Gasteiger partial charge in [0.05, 0.1) is 0 Å². The minimum Gasteiger partial charge on any atom is -0.539 e. The van der Waals surface area contributed by atoms with Gasteiger partial charge in [0.25, 0.3) is 0 Å². The van der Waals surface area contributed by atoms with Gasteiger partial charge in [0.2, 0.25) is 0 Å². The van der Waals surface area contributed by atoms with E-state index < -0.39 is 0 Å². The van der Waals surface area contributed by atoms with Crippen molar-refractivity contribution in [3.8, 4) is 28.0 Å². The molecule has 0 aliphatic rings. The zero-order valence-electron chi connectivity index (χ0n) is 11.6. The smallest absolute Gasteiger partial charge is 0.504 e. The van der Waals surface area contributed by atoms with Gasteiger partial charge in [-0.15, -0.1) is 0 Å². The van der Waals surface area contributed by atoms with Gasteiger partial charge < -0.3 is 9.68 Å². The van der Waals surface area contributed by atoms with Crippen molar-refractivity contribution in [2.75, 3.05) is 0 Å². The van der Waals surface area contributed by atoms with E-state index in [-0.39, 0.29) is 7.69 Å². The summed E-state index contributed by atoms with van der Waals surface area (Å²) in [6.45, 7) is 0. The highest BCUT2D eigenvalue weighted by molar-refractivity contribution is 6.17. The van der Waals surface area contributed by atoms with Gasteiger partial charge in [-0.1, -0.05) is 60.7 Å². The van der Waals surface area contributed by atoms with Crippen LogP contribution >= 0.6 is 0 Å². The molecule has 0 aliphatic heterocycles. The molecule has 0 bridgehead atoms. The Bertz CT molecular complexity index is 709. The van der Waals surface area contributed by atoms with Crippen LogP contribution in [0.15, 0.2) is 78.9 Å². The molecule has 0 atom stereocenters. The predicted octanol–water partition coefficient (Wildman–Crippen LogP) is 3.66. The third-order valence-electron chi connectivity index (χ3n) is 3.39. The van der Waals surface area contributed by atoms with Gasteiger partial charge in [-0.05, 0) is 40.5 Å². The lowest BCUT2D eigenvalue weighted by Crippen LogP contribution is -1.99. The van der Waals surface area contributed by atoms with E-state index >= 15 is 0 Å². The van der Waals surface area contributed by atoms with Crippen LogP contribution < -0.4 is 4.65 Å². The largest absolute Gasteiger partial charge is 0.539 e. The fourth-order valence-corrected chi connectivity index (χ4v) is 2.33. The molecular weight excluding hydrogens is 259 g/mol. The van der Waals surface area contributed by atoms with Crippen molar-refractivity contribution >= 4 is 7.69 Å². The Hall–Kier alpha value is -2.52. The van der Waals surface area contributed by atoms with Crippen LogP contribution in [0.4, 0.5) is 0 Å². The van der Waals surface area contributed by atoms with Gasteiger partial charge in [-0.2, -0.15) is 0 Å². The lowest BCUT2D eigenvalue weighted by molar-refractivity contribution is 0.454. The van der Waals surface area contributed by atoms with Crippen LogP contribution in [0.5, 0.6) is 5.75 Å². The summed E-state index contributed by atoms with van der Waals surface area (Å²) in [5, 5.41) is 8.75. The van der Waals surface area contributed by atoms with Crippen LogP contribution in [0, 0.1) is 0 Å².